The average Bonchev–Trinajstić information content (AvgIpc) is 3.40. The van der Waals surface area contributed by atoms with E-state index in [-0.39, 0.29) is 28.5 Å². The lowest BCUT2D eigenvalue weighted by atomic mass is 10.1. The van der Waals surface area contributed by atoms with Crippen molar-refractivity contribution in [2.45, 2.75) is 12.4 Å². The van der Waals surface area contributed by atoms with E-state index in [1.54, 1.807) is 7.05 Å². The molecule has 226 valence electrons. The molecule has 1 aliphatic rings. The molecule has 0 radical (unpaired) electrons. The van der Waals surface area contributed by atoms with Crippen LogP contribution in [0.4, 0.5) is 37.7 Å². The molecule has 3 aromatic rings. The smallest absolute Gasteiger partial charge is 0.417 e. The van der Waals surface area contributed by atoms with Gasteiger partial charge in [0.2, 0.25) is 0 Å². The van der Waals surface area contributed by atoms with Crippen LogP contribution in [0.15, 0.2) is 48.3 Å². The minimum absolute atomic E-state index is 0.0165. The summed E-state index contributed by atoms with van der Waals surface area (Å²) in [5.41, 5.74) is -1.46. The highest BCUT2D eigenvalue weighted by molar-refractivity contribution is 7.99. The summed E-state index contributed by atoms with van der Waals surface area (Å²) in [6.45, 7) is 0. The molecule has 4 rings (SSSR count). The molecule has 1 aromatic heterocycles. The summed E-state index contributed by atoms with van der Waals surface area (Å²) >= 11 is 6.48. The third-order valence-electron chi connectivity index (χ3n) is 5.64. The van der Waals surface area contributed by atoms with Crippen molar-refractivity contribution in [1.82, 2.24) is 4.57 Å². The molecule has 2 aromatic carbocycles. The number of hydrogen-bond donors (Lipinski definition) is 2. The van der Waals surface area contributed by atoms with Crippen molar-refractivity contribution in [2.75, 3.05) is 10.2 Å². The predicted octanol–water partition coefficient (Wildman–Crippen LogP) is 5.57. The molecule has 1 aliphatic heterocycles. The number of imidazole rings is 1. The summed E-state index contributed by atoms with van der Waals surface area (Å²) in [7, 11) is 1.56. The van der Waals surface area contributed by atoms with Crippen LogP contribution in [-0.4, -0.2) is 9.82 Å². The van der Waals surface area contributed by atoms with Gasteiger partial charge in [-0.15, -0.1) is 8.90 Å². The van der Waals surface area contributed by atoms with Crippen molar-refractivity contribution >= 4 is 64.2 Å². The van der Waals surface area contributed by atoms with E-state index < -0.39 is 28.5 Å². The van der Waals surface area contributed by atoms with Crippen LogP contribution >= 0.6 is 35.7 Å². The summed E-state index contributed by atoms with van der Waals surface area (Å²) < 4.78 is 91.7. The monoisotopic (exact) mass is 666 g/mol. The molecule has 0 saturated carbocycles. The van der Waals surface area contributed by atoms with E-state index >= 15 is 0 Å². The first-order chi connectivity index (χ1) is 20.4. The standard InChI is InChI=1S/C24H13ClF6N4O6S2/c1-33-18-6-5-14(23(26,27)28)11-20(18)35(8-10-43-41-39-37)22(33)4-2-3-21-32-17-13-16(25)15(24(29,30)31)12-19(17)34(21)7-9-42-40-38-36/h2-6,11-13,36-37H,1H3. The Bertz CT molecular complexity index is 1720. The van der Waals surface area contributed by atoms with Gasteiger partial charge < -0.3 is 10.6 Å². The minimum atomic E-state index is -4.77. The quantitative estimate of drug-likeness (QED) is 0.0660. The third-order valence-corrected chi connectivity index (χ3v) is 6.55. The van der Waals surface area contributed by atoms with Gasteiger partial charge in [0.1, 0.15) is 36.0 Å². The lowest BCUT2D eigenvalue weighted by Gasteiger charge is -2.14. The second-order valence-electron chi connectivity index (χ2n) is 8.05. The number of nitrogens with zero attached hydrogens (tertiary/aromatic N) is 3. The Kier molecular flexibility index (Phi) is 10.1. The van der Waals surface area contributed by atoms with E-state index in [0.29, 0.717) is 29.6 Å². The molecule has 43 heavy (non-hydrogen) atoms. The molecule has 0 aliphatic carbocycles. The van der Waals surface area contributed by atoms with Gasteiger partial charge in [0.25, 0.3) is 5.82 Å². The Hall–Kier alpha value is -3.56. The fourth-order valence-corrected chi connectivity index (χ4v) is 4.56. The maximum Gasteiger partial charge on any atom is 0.417 e. The second-order valence-corrected chi connectivity index (χ2v) is 9.47. The number of anilines is 2. The Labute approximate surface area is 251 Å². The Balaban J connectivity index is 1.78. The molecule has 2 N–H and O–H groups in total. The number of aromatic nitrogens is 2. The molecular weight excluding hydrogens is 654 g/mol. The largest absolute Gasteiger partial charge is 0.691 e. The van der Waals surface area contributed by atoms with Crippen LogP contribution in [0.25, 0.3) is 17.1 Å². The van der Waals surface area contributed by atoms with Crippen LogP contribution in [0.5, 0.6) is 0 Å². The number of nitrogens with one attached hydrogen (secondary N) is 1. The third kappa shape index (κ3) is 7.33. The summed E-state index contributed by atoms with van der Waals surface area (Å²) in [5.74, 6) is 0.397. The molecule has 19 heteroatoms. The van der Waals surface area contributed by atoms with E-state index in [4.69, 9.17) is 16.9 Å². The maximum atomic E-state index is 13.5. The summed E-state index contributed by atoms with van der Waals surface area (Å²) in [6, 6.07) is 9.99. The zero-order valence-electron chi connectivity index (χ0n) is 20.9. The van der Waals surface area contributed by atoms with Crippen LogP contribution in [-0.2, 0) is 38.1 Å². The van der Waals surface area contributed by atoms with Crippen molar-refractivity contribution in [2.24, 2.45) is 7.05 Å². The van der Waals surface area contributed by atoms with Gasteiger partial charge in [0, 0.05) is 28.7 Å². The van der Waals surface area contributed by atoms with Crippen LogP contribution in [0.2, 0.25) is 5.02 Å². The van der Waals surface area contributed by atoms with Crippen LogP contribution < -0.4 is 20.0 Å². The van der Waals surface area contributed by atoms with Crippen LogP contribution in [0.1, 0.15) is 17.0 Å². The molecule has 0 unspecified atom stereocenters. The molecule has 0 amide bonds. The van der Waals surface area contributed by atoms with Crippen molar-refractivity contribution < 1.29 is 60.2 Å². The predicted molar refractivity (Wildman–Crippen MR) is 141 cm³/mol. The molecular formula is C24H13ClF6N4O6S2. The van der Waals surface area contributed by atoms with Gasteiger partial charge in [-0.1, -0.05) is 22.7 Å². The van der Waals surface area contributed by atoms with Crippen LogP contribution in [0, 0.1) is 22.6 Å². The molecule has 2 heterocycles. The number of hydrogen-bond acceptors (Lipinski definition) is 10. The molecule has 0 saturated heterocycles. The fourth-order valence-electron chi connectivity index (χ4n) is 3.90. The normalized spacial score (nSPS) is 14.1. The van der Waals surface area contributed by atoms with Gasteiger partial charge in [0.05, 0.1) is 34.6 Å². The number of aryl methyl sites for hydroxylation is 1. The van der Waals surface area contributed by atoms with Crippen molar-refractivity contribution in [3.8, 4) is 22.6 Å². The van der Waals surface area contributed by atoms with Gasteiger partial charge in [-0.25, -0.2) is 9.82 Å². The number of allylic oxidation sites excluding steroid dienone is 2. The minimum Gasteiger partial charge on any atom is -0.691 e. The van der Waals surface area contributed by atoms with Crippen molar-refractivity contribution in [3.63, 3.8) is 0 Å². The molecule has 0 spiro atoms. The Morgan fingerprint density at radius 2 is 1.77 bits per heavy atom. The zero-order valence-corrected chi connectivity index (χ0v) is 23.3. The van der Waals surface area contributed by atoms with E-state index in [9.17, 15) is 31.6 Å². The van der Waals surface area contributed by atoms with Crippen molar-refractivity contribution in [3.05, 3.63) is 70.3 Å². The van der Waals surface area contributed by atoms with Crippen molar-refractivity contribution in [1.29, 1.82) is 0 Å². The number of halogens is 7. The first-order valence-corrected chi connectivity index (χ1v) is 13.0. The highest BCUT2D eigenvalue weighted by Gasteiger charge is 2.37. The Morgan fingerprint density at radius 1 is 1.05 bits per heavy atom. The summed E-state index contributed by atoms with van der Waals surface area (Å²) in [6.07, 6.45) is -5.12. The molecule has 10 nitrogen and oxygen atoms in total. The first kappa shape index (κ1) is 32.4. The molecule has 0 atom stereocenters. The number of rotatable bonds is 6. The molecule has 0 fully saturated rings. The van der Waals surface area contributed by atoms with Gasteiger partial charge in [-0.2, -0.15) is 30.7 Å². The fraction of sp³-hybridized carbons (Fsp3) is 0.125. The summed E-state index contributed by atoms with van der Waals surface area (Å²) in [4.78, 5) is 1.14. The topological polar surface area (TPSA) is 104 Å². The van der Waals surface area contributed by atoms with E-state index in [0.717, 1.165) is 29.2 Å². The highest BCUT2D eigenvalue weighted by atomic mass is 35.5. The lowest BCUT2D eigenvalue weighted by molar-refractivity contribution is -0.776. The number of benzene rings is 2. The highest BCUT2D eigenvalue weighted by Crippen LogP contribution is 2.44. The zero-order chi connectivity index (χ0) is 31.4. The van der Waals surface area contributed by atoms with Gasteiger partial charge in [-0.3, -0.25) is 9.94 Å². The van der Waals surface area contributed by atoms with Gasteiger partial charge in [0.15, 0.2) is 11.0 Å². The number of fused-ring (bicyclic) bond motifs is 2. The second kappa shape index (κ2) is 13.4. The van der Waals surface area contributed by atoms with E-state index in [1.165, 1.54) is 33.4 Å². The lowest BCUT2D eigenvalue weighted by Crippen LogP contribution is -2.30. The number of alkyl halides is 6. The van der Waals surface area contributed by atoms with E-state index in [2.05, 4.69) is 46.7 Å². The summed E-state index contributed by atoms with van der Waals surface area (Å²) in [5, 5.41) is 32.0. The van der Waals surface area contributed by atoms with E-state index in [1.807, 2.05) is 0 Å². The first-order valence-electron chi connectivity index (χ1n) is 11.1. The average molecular weight is 667 g/mol. The molecule has 0 bridgehead atoms. The van der Waals surface area contributed by atoms with Gasteiger partial charge >= 0.3 is 12.4 Å². The SMILES string of the molecule is C[n+]1c(/C=C/C=C2\Nc3cc(Cl)c(C(F)(F)F)cc3N2C#CSOOO)n(C#CSOO[O-])c2cc(C(F)(F)F)ccc21. The Morgan fingerprint density at radius 3 is 2.44 bits per heavy atom. The van der Waals surface area contributed by atoms with Gasteiger partial charge in [-0.05, 0) is 30.3 Å². The maximum absolute atomic E-state index is 13.5. The van der Waals surface area contributed by atoms with Crippen LogP contribution in [0.3, 0.4) is 0 Å².